The minimum atomic E-state index is -3.93. The maximum atomic E-state index is 12.8. The molecule has 0 saturated carbocycles. The number of rotatable bonds is 6. The van der Waals surface area contributed by atoms with E-state index in [-0.39, 0.29) is 10.6 Å². The van der Waals surface area contributed by atoms with Crippen LogP contribution in [0.2, 0.25) is 5.02 Å². The van der Waals surface area contributed by atoms with Gasteiger partial charge < -0.3 is 4.74 Å². The molecule has 0 heterocycles. The molecule has 0 aliphatic carbocycles. The van der Waals surface area contributed by atoms with E-state index in [1.807, 2.05) is 4.83 Å². The van der Waals surface area contributed by atoms with Crippen molar-refractivity contribution >= 4 is 27.5 Å². The zero-order valence-corrected chi connectivity index (χ0v) is 14.1. The molecule has 0 fully saturated rings. The van der Waals surface area contributed by atoms with Crippen molar-refractivity contribution in [3.63, 3.8) is 0 Å². The van der Waals surface area contributed by atoms with E-state index in [1.165, 1.54) is 55.5 Å². The molecule has 2 rings (SSSR count). The molecule has 0 unspecified atom stereocenters. The van der Waals surface area contributed by atoms with Gasteiger partial charge in [-0.1, -0.05) is 11.6 Å². The molecule has 0 aliphatic heterocycles. The second kappa shape index (κ2) is 7.61. The molecule has 0 radical (unpaired) electrons. The molecule has 24 heavy (non-hydrogen) atoms. The third-order valence-electron chi connectivity index (χ3n) is 2.93. The van der Waals surface area contributed by atoms with E-state index >= 15 is 0 Å². The van der Waals surface area contributed by atoms with Crippen LogP contribution >= 0.6 is 11.6 Å². The summed E-state index contributed by atoms with van der Waals surface area (Å²) in [5.41, 5.74) is 2.06. The highest BCUT2D eigenvalue weighted by molar-refractivity contribution is 7.89. The summed E-state index contributed by atoms with van der Waals surface area (Å²) in [5.74, 6) is -0.869. The van der Waals surface area contributed by atoms with Gasteiger partial charge in [0.2, 0.25) is 0 Å². The van der Waals surface area contributed by atoms with E-state index in [1.54, 1.807) is 0 Å². The second-order valence-electron chi connectivity index (χ2n) is 4.76. The van der Waals surface area contributed by atoms with Gasteiger partial charge in [-0.3, -0.25) is 10.2 Å². The minimum absolute atomic E-state index is 0.0562. The van der Waals surface area contributed by atoms with Gasteiger partial charge in [-0.15, -0.1) is 4.83 Å². The van der Waals surface area contributed by atoms with Crippen LogP contribution in [-0.2, 0) is 14.8 Å². The first kappa shape index (κ1) is 18.2. The molecule has 0 saturated heterocycles. The summed E-state index contributed by atoms with van der Waals surface area (Å²) in [6.07, 6.45) is -0.997. The molecule has 128 valence electrons. The standard InChI is InChI=1S/C15H14ClFN2O4S/c1-10(23-13-6-4-12(17)5-7-13)15(20)18-19-24(21,22)14-8-2-11(16)3-9-14/h2-10,19H,1H3,(H,18,20)/t10-/m1/s1. The average molecular weight is 373 g/mol. The van der Waals surface area contributed by atoms with Crippen molar-refractivity contribution in [1.29, 1.82) is 0 Å². The van der Waals surface area contributed by atoms with Crippen molar-refractivity contribution in [2.75, 3.05) is 0 Å². The van der Waals surface area contributed by atoms with E-state index in [0.29, 0.717) is 5.02 Å². The summed E-state index contributed by atoms with van der Waals surface area (Å²) in [7, 11) is -3.93. The maximum Gasteiger partial charge on any atom is 0.275 e. The van der Waals surface area contributed by atoms with Gasteiger partial charge in [-0.05, 0) is 55.5 Å². The van der Waals surface area contributed by atoms with E-state index in [4.69, 9.17) is 16.3 Å². The Morgan fingerprint density at radius 1 is 1.12 bits per heavy atom. The first-order chi connectivity index (χ1) is 11.3. The third-order valence-corrected chi connectivity index (χ3v) is 4.44. The normalized spacial score (nSPS) is 12.5. The van der Waals surface area contributed by atoms with Gasteiger partial charge in [0.15, 0.2) is 6.10 Å². The van der Waals surface area contributed by atoms with Gasteiger partial charge in [0.25, 0.3) is 15.9 Å². The number of ether oxygens (including phenoxy) is 1. The Morgan fingerprint density at radius 2 is 1.71 bits per heavy atom. The molecule has 6 nitrogen and oxygen atoms in total. The molecule has 1 atom stereocenters. The smallest absolute Gasteiger partial charge is 0.275 e. The molecule has 0 bridgehead atoms. The maximum absolute atomic E-state index is 12.8. The zero-order valence-electron chi connectivity index (χ0n) is 12.5. The van der Waals surface area contributed by atoms with Crippen molar-refractivity contribution in [2.45, 2.75) is 17.9 Å². The average Bonchev–Trinajstić information content (AvgIpc) is 2.55. The molecule has 0 spiro atoms. The third kappa shape index (κ3) is 4.92. The number of amides is 1. The predicted molar refractivity (Wildman–Crippen MR) is 86.4 cm³/mol. The number of benzene rings is 2. The Labute approximate surface area is 143 Å². The molecular weight excluding hydrogens is 359 g/mol. The highest BCUT2D eigenvalue weighted by Crippen LogP contribution is 2.14. The quantitative estimate of drug-likeness (QED) is 0.762. The van der Waals surface area contributed by atoms with Crippen LogP contribution in [-0.4, -0.2) is 20.4 Å². The Balaban J connectivity index is 1.94. The lowest BCUT2D eigenvalue weighted by atomic mass is 10.3. The Morgan fingerprint density at radius 3 is 2.29 bits per heavy atom. The Hall–Kier alpha value is -2.16. The number of carbonyl (C=O) groups is 1. The fraction of sp³-hybridized carbons (Fsp3) is 0.133. The van der Waals surface area contributed by atoms with Crippen molar-refractivity contribution in [1.82, 2.24) is 10.3 Å². The molecule has 2 aromatic rings. The summed E-state index contributed by atoms with van der Waals surface area (Å²) >= 11 is 5.69. The van der Waals surface area contributed by atoms with Crippen LogP contribution in [0.5, 0.6) is 5.75 Å². The first-order valence-electron chi connectivity index (χ1n) is 6.77. The molecule has 2 N–H and O–H groups in total. The van der Waals surface area contributed by atoms with Crippen LogP contribution in [0, 0.1) is 5.82 Å². The predicted octanol–water partition coefficient (Wildman–Crippen LogP) is 2.26. The fourth-order valence-electron chi connectivity index (χ4n) is 1.66. The number of nitrogens with one attached hydrogen (secondary N) is 2. The van der Waals surface area contributed by atoms with E-state index in [0.717, 1.165) is 0 Å². The van der Waals surface area contributed by atoms with Gasteiger partial charge in [0, 0.05) is 5.02 Å². The largest absolute Gasteiger partial charge is 0.481 e. The summed E-state index contributed by atoms with van der Waals surface area (Å²) in [5, 5.41) is 0.388. The second-order valence-corrected chi connectivity index (χ2v) is 6.88. The lowest BCUT2D eigenvalue weighted by Crippen LogP contribution is -2.47. The zero-order chi connectivity index (χ0) is 17.7. The molecular formula is C15H14ClFN2O4S. The van der Waals surface area contributed by atoms with Crippen LogP contribution in [0.15, 0.2) is 53.4 Å². The number of sulfonamides is 1. The number of hydrazine groups is 1. The van der Waals surface area contributed by atoms with E-state index in [9.17, 15) is 17.6 Å². The summed E-state index contributed by atoms with van der Waals surface area (Å²) < 4.78 is 42.1. The Kier molecular flexibility index (Phi) is 5.76. The Bertz CT molecular complexity index is 810. The number of halogens is 2. The number of carbonyl (C=O) groups excluding carboxylic acids is 1. The van der Waals surface area contributed by atoms with Gasteiger partial charge in [-0.25, -0.2) is 12.8 Å². The topological polar surface area (TPSA) is 84.5 Å². The van der Waals surface area contributed by atoms with Crippen molar-refractivity contribution in [2.24, 2.45) is 0 Å². The molecule has 9 heteroatoms. The lowest BCUT2D eigenvalue weighted by molar-refractivity contribution is -0.127. The summed E-state index contributed by atoms with van der Waals surface area (Å²) in [6.45, 7) is 1.43. The minimum Gasteiger partial charge on any atom is -0.481 e. The summed E-state index contributed by atoms with van der Waals surface area (Å²) in [4.78, 5) is 13.8. The van der Waals surface area contributed by atoms with Crippen molar-refractivity contribution in [3.8, 4) is 5.75 Å². The molecule has 0 aliphatic rings. The number of hydrogen-bond acceptors (Lipinski definition) is 4. The molecule has 0 aromatic heterocycles. The monoisotopic (exact) mass is 372 g/mol. The van der Waals surface area contributed by atoms with Crippen LogP contribution in [0.3, 0.4) is 0 Å². The van der Waals surface area contributed by atoms with Crippen LogP contribution in [0.1, 0.15) is 6.92 Å². The molecule has 2 aromatic carbocycles. The highest BCUT2D eigenvalue weighted by atomic mass is 35.5. The van der Waals surface area contributed by atoms with Crippen molar-refractivity contribution in [3.05, 3.63) is 59.4 Å². The van der Waals surface area contributed by atoms with Gasteiger partial charge in [0.1, 0.15) is 11.6 Å². The van der Waals surface area contributed by atoms with E-state index in [2.05, 4.69) is 5.43 Å². The lowest BCUT2D eigenvalue weighted by Gasteiger charge is -2.15. The van der Waals surface area contributed by atoms with Crippen LogP contribution < -0.4 is 15.0 Å². The van der Waals surface area contributed by atoms with E-state index < -0.39 is 27.9 Å². The highest BCUT2D eigenvalue weighted by Gasteiger charge is 2.19. The SMILES string of the molecule is C[C@@H](Oc1ccc(F)cc1)C(=O)NNS(=O)(=O)c1ccc(Cl)cc1. The van der Waals surface area contributed by atoms with Gasteiger partial charge >= 0.3 is 0 Å². The first-order valence-corrected chi connectivity index (χ1v) is 8.63. The van der Waals surface area contributed by atoms with Crippen LogP contribution in [0.4, 0.5) is 4.39 Å². The van der Waals surface area contributed by atoms with Gasteiger partial charge in [-0.2, -0.15) is 0 Å². The number of hydrogen-bond donors (Lipinski definition) is 2. The van der Waals surface area contributed by atoms with Crippen LogP contribution in [0.25, 0.3) is 0 Å². The molecule has 1 amide bonds. The van der Waals surface area contributed by atoms with Gasteiger partial charge in [0.05, 0.1) is 4.90 Å². The van der Waals surface area contributed by atoms with Crippen molar-refractivity contribution < 1.29 is 22.3 Å². The fourth-order valence-corrected chi connectivity index (χ4v) is 2.64. The summed E-state index contributed by atoms with van der Waals surface area (Å²) in [6, 6.07) is 10.5.